The molecule has 24 heavy (non-hydrogen) atoms. The van der Waals surface area contributed by atoms with Crippen molar-refractivity contribution < 1.29 is 14.3 Å². The van der Waals surface area contributed by atoms with Gasteiger partial charge in [-0.3, -0.25) is 0 Å². The summed E-state index contributed by atoms with van der Waals surface area (Å²) in [6.45, 7) is 2.26. The predicted octanol–water partition coefficient (Wildman–Crippen LogP) is 5.17. The highest BCUT2D eigenvalue weighted by Crippen LogP contribution is 2.29. The standard InChI is InChI=1S/C19H16FNO2S/c1-12-5-6-15(10-17(12)20)21-11-13-3-2-4-14(9-13)16-7-8-24-18(16)19(22)23/h2-10,21H,11H2,1H3,(H,22,23). The zero-order valence-corrected chi connectivity index (χ0v) is 13.9. The van der Waals surface area contributed by atoms with Crippen LogP contribution < -0.4 is 5.32 Å². The van der Waals surface area contributed by atoms with Crippen molar-refractivity contribution in [2.75, 3.05) is 5.32 Å². The first-order chi connectivity index (χ1) is 11.5. The second kappa shape index (κ2) is 6.84. The average molecular weight is 341 g/mol. The molecule has 2 N–H and O–H groups in total. The van der Waals surface area contributed by atoms with E-state index in [9.17, 15) is 14.3 Å². The van der Waals surface area contributed by atoms with Gasteiger partial charge in [-0.1, -0.05) is 24.3 Å². The molecule has 0 bridgehead atoms. The number of nitrogens with one attached hydrogen (secondary N) is 1. The van der Waals surface area contributed by atoms with E-state index in [4.69, 9.17) is 0 Å². The lowest BCUT2D eigenvalue weighted by Crippen LogP contribution is -2.00. The van der Waals surface area contributed by atoms with Gasteiger partial charge in [-0.15, -0.1) is 11.3 Å². The Hall–Kier alpha value is -2.66. The Labute approximate surface area is 143 Å². The summed E-state index contributed by atoms with van der Waals surface area (Å²) >= 11 is 1.21. The van der Waals surface area contributed by atoms with Crippen molar-refractivity contribution in [3.8, 4) is 11.1 Å². The lowest BCUT2D eigenvalue weighted by molar-refractivity contribution is 0.0703. The monoisotopic (exact) mass is 341 g/mol. The molecule has 3 rings (SSSR count). The number of benzene rings is 2. The van der Waals surface area contributed by atoms with E-state index in [2.05, 4.69) is 5.32 Å². The number of anilines is 1. The molecule has 3 aromatic rings. The van der Waals surface area contributed by atoms with Gasteiger partial charge in [0, 0.05) is 17.8 Å². The normalized spacial score (nSPS) is 10.6. The van der Waals surface area contributed by atoms with E-state index >= 15 is 0 Å². The summed E-state index contributed by atoms with van der Waals surface area (Å²) in [5.41, 5.74) is 3.90. The van der Waals surface area contributed by atoms with Gasteiger partial charge in [0.15, 0.2) is 0 Å². The molecule has 5 heteroatoms. The van der Waals surface area contributed by atoms with Crippen LogP contribution in [0.25, 0.3) is 11.1 Å². The van der Waals surface area contributed by atoms with Crippen LogP contribution in [0.15, 0.2) is 53.9 Å². The highest BCUT2D eigenvalue weighted by atomic mass is 32.1. The number of hydrogen-bond acceptors (Lipinski definition) is 3. The Kier molecular flexibility index (Phi) is 4.62. The van der Waals surface area contributed by atoms with Crippen LogP contribution in [-0.2, 0) is 6.54 Å². The fraction of sp³-hybridized carbons (Fsp3) is 0.105. The molecule has 0 aliphatic heterocycles. The number of carbonyl (C=O) groups is 1. The molecule has 122 valence electrons. The molecule has 3 nitrogen and oxygen atoms in total. The minimum Gasteiger partial charge on any atom is -0.477 e. The van der Waals surface area contributed by atoms with Gasteiger partial charge in [-0.2, -0.15) is 0 Å². The topological polar surface area (TPSA) is 49.3 Å². The maximum Gasteiger partial charge on any atom is 0.346 e. The van der Waals surface area contributed by atoms with E-state index in [0.29, 0.717) is 22.7 Å². The van der Waals surface area contributed by atoms with Crippen LogP contribution in [-0.4, -0.2) is 11.1 Å². The van der Waals surface area contributed by atoms with Crippen LogP contribution in [0.1, 0.15) is 20.8 Å². The van der Waals surface area contributed by atoms with Gasteiger partial charge in [0.05, 0.1) is 0 Å². The van der Waals surface area contributed by atoms with Crippen molar-refractivity contribution in [2.45, 2.75) is 13.5 Å². The zero-order valence-electron chi connectivity index (χ0n) is 13.0. The van der Waals surface area contributed by atoms with Gasteiger partial charge in [0.1, 0.15) is 10.7 Å². The SMILES string of the molecule is Cc1ccc(NCc2cccc(-c3ccsc3C(=O)O)c2)cc1F. The van der Waals surface area contributed by atoms with Gasteiger partial charge in [0.25, 0.3) is 0 Å². The molecule has 1 aromatic heterocycles. The van der Waals surface area contributed by atoms with E-state index < -0.39 is 5.97 Å². The molecule has 0 radical (unpaired) electrons. The fourth-order valence-corrected chi connectivity index (χ4v) is 3.21. The van der Waals surface area contributed by atoms with Crippen molar-refractivity contribution in [3.05, 3.63) is 75.7 Å². The van der Waals surface area contributed by atoms with Crippen molar-refractivity contribution in [1.29, 1.82) is 0 Å². The van der Waals surface area contributed by atoms with Gasteiger partial charge >= 0.3 is 5.97 Å². The fourth-order valence-electron chi connectivity index (χ4n) is 2.46. The Morgan fingerprint density at radius 2 is 2.04 bits per heavy atom. The highest BCUT2D eigenvalue weighted by Gasteiger charge is 2.13. The number of halogens is 1. The van der Waals surface area contributed by atoms with E-state index in [1.165, 1.54) is 17.4 Å². The molecule has 0 unspecified atom stereocenters. The molecule has 0 saturated heterocycles. The quantitative estimate of drug-likeness (QED) is 0.673. The van der Waals surface area contributed by atoms with E-state index in [1.807, 2.05) is 36.4 Å². The van der Waals surface area contributed by atoms with Crippen molar-refractivity contribution in [1.82, 2.24) is 0 Å². The molecule has 0 aliphatic rings. The van der Waals surface area contributed by atoms with E-state index in [0.717, 1.165) is 16.7 Å². The average Bonchev–Trinajstić information content (AvgIpc) is 3.06. The van der Waals surface area contributed by atoms with E-state index in [1.54, 1.807) is 18.4 Å². The van der Waals surface area contributed by atoms with E-state index in [-0.39, 0.29) is 5.82 Å². The summed E-state index contributed by atoms with van der Waals surface area (Å²) in [4.78, 5) is 11.6. The number of aryl methyl sites for hydroxylation is 1. The van der Waals surface area contributed by atoms with Crippen LogP contribution in [0.2, 0.25) is 0 Å². The second-order valence-electron chi connectivity index (χ2n) is 5.49. The van der Waals surface area contributed by atoms with Crippen LogP contribution >= 0.6 is 11.3 Å². The first kappa shape index (κ1) is 16.2. The molecule has 0 amide bonds. The van der Waals surface area contributed by atoms with Crippen molar-refractivity contribution in [3.63, 3.8) is 0 Å². The first-order valence-electron chi connectivity index (χ1n) is 7.45. The Bertz CT molecular complexity index is 889. The molecule has 0 aliphatic carbocycles. The van der Waals surface area contributed by atoms with Gasteiger partial charge < -0.3 is 10.4 Å². The largest absolute Gasteiger partial charge is 0.477 e. The summed E-state index contributed by atoms with van der Waals surface area (Å²) in [5, 5.41) is 14.2. The number of rotatable bonds is 5. The number of thiophene rings is 1. The smallest absolute Gasteiger partial charge is 0.346 e. The maximum atomic E-state index is 13.6. The zero-order chi connectivity index (χ0) is 17.1. The molecule has 0 atom stereocenters. The van der Waals surface area contributed by atoms with Crippen LogP contribution in [0.5, 0.6) is 0 Å². The molecule has 0 fully saturated rings. The number of carboxylic acid groups (broad SMARTS) is 1. The molecule has 0 saturated carbocycles. The van der Waals surface area contributed by atoms with Gasteiger partial charge in [0.2, 0.25) is 0 Å². The minimum absolute atomic E-state index is 0.238. The van der Waals surface area contributed by atoms with Gasteiger partial charge in [-0.05, 0) is 53.3 Å². The molecular formula is C19H16FNO2S. The summed E-state index contributed by atoms with van der Waals surface area (Å²) in [6.07, 6.45) is 0. The third-order valence-electron chi connectivity index (χ3n) is 3.77. The lowest BCUT2D eigenvalue weighted by atomic mass is 10.0. The predicted molar refractivity (Wildman–Crippen MR) is 95.2 cm³/mol. The Balaban J connectivity index is 1.79. The van der Waals surface area contributed by atoms with Gasteiger partial charge in [-0.25, -0.2) is 9.18 Å². The number of carboxylic acids is 1. The number of hydrogen-bond donors (Lipinski definition) is 2. The summed E-state index contributed by atoms with van der Waals surface area (Å²) in [6, 6.07) is 14.5. The van der Waals surface area contributed by atoms with Crippen LogP contribution in [0.4, 0.5) is 10.1 Å². The highest BCUT2D eigenvalue weighted by molar-refractivity contribution is 7.12. The first-order valence-corrected chi connectivity index (χ1v) is 8.32. The minimum atomic E-state index is -0.918. The van der Waals surface area contributed by atoms with Crippen LogP contribution in [0.3, 0.4) is 0 Å². The summed E-state index contributed by atoms with van der Waals surface area (Å²) in [5.74, 6) is -1.16. The third-order valence-corrected chi connectivity index (χ3v) is 4.67. The molecule has 0 spiro atoms. The van der Waals surface area contributed by atoms with Crippen molar-refractivity contribution in [2.24, 2.45) is 0 Å². The third kappa shape index (κ3) is 3.46. The lowest BCUT2D eigenvalue weighted by Gasteiger charge is -2.09. The summed E-state index contributed by atoms with van der Waals surface area (Å²) in [7, 11) is 0. The van der Waals surface area contributed by atoms with Crippen molar-refractivity contribution >= 4 is 23.0 Å². The second-order valence-corrected chi connectivity index (χ2v) is 6.40. The summed E-state index contributed by atoms with van der Waals surface area (Å²) < 4.78 is 13.6. The molecular weight excluding hydrogens is 325 g/mol. The van der Waals surface area contributed by atoms with Crippen LogP contribution in [0, 0.1) is 12.7 Å². The number of aromatic carboxylic acids is 1. The Morgan fingerprint density at radius 3 is 2.79 bits per heavy atom. The molecule has 2 aromatic carbocycles. The molecule has 1 heterocycles. The maximum absolute atomic E-state index is 13.6. The Morgan fingerprint density at radius 1 is 1.21 bits per heavy atom.